The summed E-state index contributed by atoms with van der Waals surface area (Å²) in [6.45, 7) is 5.10. The van der Waals surface area contributed by atoms with Crippen molar-refractivity contribution in [1.29, 1.82) is 0 Å². The second-order valence-corrected chi connectivity index (χ2v) is 4.44. The number of anilines is 1. The third-order valence-electron chi connectivity index (χ3n) is 2.99. The summed E-state index contributed by atoms with van der Waals surface area (Å²) in [7, 11) is 0. The molecule has 1 fully saturated rings. The molecule has 1 aromatic rings. The van der Waals surface area contributed by atoms with E-state index in [1.807, 2.05) is 18.7 Å². The molecule has 0 aliphatic carbocycles. The van der Waals surface area contributed by atoms with Crippen molar-refractivity contribution in [3.63, 3.8) is 0 Å². The number of hydrogen-bond donors (Lipinski definition) is 1. The van der Waals surface area contributed by atoms with Crippen molar-refractivity contribution < 1.29 is 9.18 Å². The second-order valence-electron chi connectivity index (χ2n) is 4.44. The number of nitrogens with one attached hydrogen (secondary N) is 1. The summed E-state index contributed by atoms with van der Waals surface area (Å²) in [6.07, 6.45) is 0. The Morgan fingerprint density at radius 2 is 1.94 bits per heavy atom. The van der Waals surface area contributed by atoms with Crippen molar-refractivity contribution in [2.24, 2.45) is 0 Å². The normalized spacial score (nSPS) is 19.4. The number of amides is 1. The molecule has 16 heavy (non-hydrogen) atoms. The van der Waals surface area contributed by atoms with Crippen molar-refractivity contribution in [2.45, 2.75) is 19.4 Å². The van der Waals surface area contributed by atoms with Gasteiger partial charge in [0.1, 0.15) is 11.4 Å². The van der Waals surface area contributed by atoms with Crippen molar-refractivity contribution in [2.75, 3.05) is 18.0 Å². The minimum Gasteiger partial charge on any atom is -0.356 e. The first-order valence-electron chi connectivity index (χ1n) is 5.33. The van der Waals surface area contributed by atoms with E-state index >= 15 is 0 Å². The van der Waals surface area contributed by atoms with E-state index in [4.69, 9.17) is 0 Å². The number of rotatable bonds is 1. The van der Waals surface area contributed by atoms with Crippen LogP contribution in [-0.4, -0.2) is 24.5 Å². The Hall–Kier alpha value is -1.58. The molecular weight excluding hydrogens is 207 g/mol. The Labute approximate surface area is 94.3 Å². The van der Waals surface area contributed by atoms with Gasteiger partial charge in [0.05, 0.1) is 0 Å². The molecule has 2 rings (SSSR count). The fourth-order valence-electron chi connectivity index (χ4n) is 1.97. The topological polar surface area (TPSA) is 32.3 Å². The molecule has 0 atom stereocenters. The summed E-state index contributed by atoms with van der Waals surface area (Å²) in [5, 5.41) is 2.83. The van der Waals surface area contributed by atoms with E-state index < -0.39 is 5.54 Å². The van der Waals surface area contributed by atoms with Gasteiger partial charge in [0.25, 0.3) is 0 Å². The smallest absolute Gasteiger partial charge is 0.245 e. The van der Waals surface area contributed by atoms with Gasteiger partial charge in [0.2, 0.25) is 5.91 Å². The van der Waals surface area contributed by atoms with Crippen molar-refractivity contribution in [3.05, 3.63) is 30.1 Å². The van der Waals surface area contributed by atoms with Crippen LogP contribution in [0.3, 0.4) is 0 Å². The molecule has 0 unspecified atom stereocenters. The zero-order valence-electron chi connectivity index (χ0n) is 9.46. The highest BCUT2D eigenvalue weighted by atomic mass is 19.1. The number of carbonyl (C=O) groups excluding carboxylic acids is 1. The molecule has 86 valence electrons. The summed E-state index contributed by atoms with van der Waals surface area (Å²) in [4.78, 5) is 13.7. The second kappa shape index (κ2) is 3.77. The Morgan fingerprint density at radius 1 is 1.31 bits per heavy atom. The van der Waals surface area contributed by atoms with Crippen LogP contribution in [-0.2, 0) is 4.79 Å². The first-order chi connectivity index (χ1) is 7.51. The van der Waals surface area contributed by atoms with Gasteiger partial charge >= 0.3 is 0 Å². The summed E-state index contributed by atoms with van der Waals surface area (Å²) >= 11 is 0. The molecule has 0 bridgehead atoms. The lowest BCUT2D eigenvalue weighted by molar-refractivity contribution is -0.126. The SMILES string of the molecule is CC1(C)C(=O)NCCN1c1ccc(F)cc1. The Balaban J connectivity index is 2.32. The maximum absolute atomic E-state index is 12.8. The van der Waals surface area contributed by atoms with E-state index in [1.54, 1.807) is 12.1 Å². The molecule has 0 saturated carbocycles. The number of nitrogens with zero attached hydrogens (tertiary/aromatic N) is 1. The maximum Gasteiger partial charge on any atom is 0.245 e. The lowest BCUT2D eigenvalue weighted by atomic mass is 9.98. The first kappa shape index (κ1) is 10.9. The van der Waals surface area contributed by atoms with Crippen molar-refractivity contribution in [1.82, 2.24) is 5.32 Å². The molecule has 1 N–H and O–H groups in total. The van der Waals surface area contributed by atoms with E-state index in [1.165, 1.54) is 12.1 Å². The van der Waals surface area contributed by atoms with Crippen LogP contribution in [0.1, 0.15) is 13.8 Å². The predicted octanol–water partition coefficient (Wildman–Crippen LogP) is 1.54. The first-order valence-corrected chi connectivity index (χ1v) is 5.33. The van der Waals surface area contributed by atoms with Crippen LogP contribution in [0.25, 0.3) is 0 Å². The largest absolute Gasteiger partial charge is 0.356 e. The van der Waals surface area contributed by atoms with Crippen LogP contribution in [0.2, 0.25) is 0 Å². The van der Waals surface area contributed by atoms with Crippen LogP contribution in [0, 0.1) is 5.82 Å². The predicted molar refractivity (Wildman–Crippen MR) is 60.8 cm³/mol. The molecule has 1 aliphatic rings. The molecule has 1 saturated heterocycles. The Bertz CT molecular complexity index is 400. The monoisotopic (exact) mass is 222 g/mol. The van der Waals surface area contributed by atoms with E-state index in [-0.39, 0.29) is 11.7 Å². The Morgan fingerprint density at radius 3 is 2.56 bits per heavy atom. The van der Waals surface area contributed by atoms with Crippen LogP contribution >= 0.6 is 0 Å². The van der Waals surface area contributed by atoms with Crippen molar-refractivity contribution in [3.8, 4) is 0 Å². The van der Waals surface area contributed by atoms with E-state index in [0.717, 1.165) is 12.2 Å². The molecule has 1 amide bonds. The summed E-state index contributed by atoms with van der Waals surface area (Å²) < 4.78 is 12.8. The third kappa shape index (κ3) is 1.75. The fraction of sp³-hybridized carbons (Fsp3) is 0.417. The zero-order chi connectivity index (χ0) is 11.8. The van der Waals surface area contributed by atoms with Gasteiger partial charge in [-0.2, -0.15) is 0 Å². The maximum atomic E-state index is 12.8. The van der Waals surface area contributed by atoms with Gasteiger partial charge in [0, 0.05) is 18.8 Å². The number of hydrogen-bond acceptors (Lipinski definition) is 2. The van der Waals surface area contributed by atoms with Crippen LogP contribution in [0.4, 0.5) is 10.1 Å². The Kier molecular flexibility index (Phi) is 2.58. The summed E-state index contributed by atoms with van der Waals surface area (Å²) in [6, 6.07) is 6.24. The number of piperazine rings is 1. The standard InChI is InChI=1S/C12H15FN2O/c1-12(2)11(16)14-7-8-15(12)10-5-3-9(13)4-6-10/h3-6H,7-8H2,1-2H3,(H,14,16). The number of halogens is 1. The van der Waals surface area contributed by atoms with E-state index in [2.05, 4.69) is 5.32 Å². The number of benzene rings is 1. The fourth-order valence-corrected chi connectivity index (χ4v) is 1.97. The molecule has 3 nitrogen and oxygen atoms in total. The van der Waals surface area contributed by atoms with Gasteiger partial charge in [0.15, 0.2) is 0 Å². The van der Waals surface area contributed by atoms with Crippen LogP contribution < -0.4 is 10.2 Å². The van der Waals surface area contributed by atoms with Gasteiger partial charge in [-0.15, -0.1) is 0 Å². The van der Waals surface area contributed by atoms with Gasteiger partial charge in [-0.1, -0.05) is 0 Å². The quantitative estimate of drug-likeness (QED) is 0.781. The molecule has 0 aromatic heterocycles. The lowest BCUT2D eigenvalue weighted by Gasteiger charge is -2.42. The molecule has 4 heteroatoms. The summed E-state index contributed by atoms with van der Waals surface area (Å²) in [5.74, 6) is -0.258. The third-order valence-corrected chi connectivity index (χ3v) is 2.99. The van der Waals surface area contributed by atoms with Gasteiger partial charge in [-0.05, 0) is 38.1 Å². The molecule has 0 spiro atoms. The number of carbonyl (C=O) groups is 1. The molecule has 1 aromatic carbocycles. The molecular formula is C12H15FN2O. The molecule has 0 radical (unpaired) electrons. The average Bonchev–Trinajstić information content (AvgIpc) is 2.24. The minimum absolute atomic E-state index is 0.00285. The molecule has 1 aliphatic heterocycles. The minimum atomic E-state index is -0.587. The zero-order valence-corrected chi connectivity index (χ0v) is 9.46. The van der Waals surface area contributed by atoms with Gasteiger partial charge < -0.3 is 10.2 Å². The summed E-state index contributed by atoms with van der Waals surface area (Å²) in [5.41, 5.74) is 0.289. The lowest BCUT2D eigenvalue weighted by Crippen LogP contribution is -2.62. The van der Waals surface area contributed by atoms with Gasteiger partial charge in [-0.25, -0.2) is 4.39 Å². The van der Waals surface area contributed by atoms with Crippen LogP contribution in [0.5, 0.6) is 0 Å². The van der Waals surface area contributed by atoms with E-state index in [9.17, 15) is 9.18 Å². The highest BCUT2D eigenvalue weighted by Gasteiger charge is 2.37. The average molecular weight is 222 g/mol. The highest BCUT2D eigenvalue weighted by molar-refractivity contribution is 5.90. The van der Waals surface area contributed by atoms with Crippen LogP contribution in [0.15, 0.2) is 24.3 Å². The molecule has 1 heterocycles. The van der Waals surface area contributed by atoms with E-state index in [0.29, 0.717) is 6.54 Å². The van der Waals surface area contributed by atoms with Crippen molar-refractivity contribution >= 4 is 11.6 Å². The highest BCUT2D eigenvalue weighted by Crippen LogP contribution is 2.25. The van der Waals surface area contributed by atoms with Gasteiger partial charge in [-0.3, -0.25) is 4.79 Å².